The largest absolute Gasteiger partial charge is 0.382 e. The van der Waals surface area contributed by atoms with Crippen molar-refractivity contribution in [2.45, 2.75) is 19.8 Å². The Morgan fingerprint density at radius 3 is 2.61 bits per heavy atom. The lowest BCUT2D eigenvalue weighted by Gasteiger charge is -2.34. The Hall–Kier alpha value is -2.48. The minimum atomic E-state index is 0.298. The van der Waals surface area contributed by atoms with Crippen molar-refractivity contribution in [1.82, 2.24) is 25.3 Å². The number of hydrogen-bond donors (Lipinski definition) is 4. The number of anilines is 4. The first-order chi connectivity index (χ1) is 11.1. The van der Waals surface area contributed by atoms with Gasteiger partial charge in [-0.15, -0.1) is 0 Å². The van der Waals surface area contributed by atoms with Crippen LogP contribution in [-0.2, 0) is 0 Å². The van der Waals surface area contributed by atoms with Gasteiger partial charge in [0, 0.05) is 12.6 Å². The maximum atomic E-state index is 5.53. The zero-order valence-corrected chi connectivity index (χ0v) is 13.2. The lowest BCUT2D eigenvalue weighted by molar-refractivity contribution is 0.247. The van der Waals surface area contributed by atoms with Gasteiger partial charge in [-0.2, -0.15) is 0 Å². The van der Waals surface area contributed by atoms with Crippen molar-refractivity contribution in [1.29, 1.82) is 0 Å². The minimum Gasteiger partial charge on any atom is -0.382 e. The third kappa shape index (κ3) is 4.26. The van der Waals surface area contributed by atoms with E-state index in [1.54, 1.807) is 6.20 Å². The average Bonchev–Trinajstić information content (AvgIpc) is 2.56. The maximum Gasteiger partial charge on any atom is 0.150 e. The molecule has 8 heteroatoms. The van der Waals surface area contributed by atoms with Gasteiger partial charge >= 0.3 is 0 Å². The molecule has 3 rings (SSSR count). The monoisotopic (exact) mass is 314 g/mol. The van der Waals surface area contributed by atoms with Gasteiger partial charge < -0.3 is 21.7 Å². The van der Waals surface area contributed by atoms with Crippen LogP contribution in [0.15, 0.2) is 24.8 Å². The normalized spacial score (nSPS) is 16.7. The average molecular weight is 314 g/mol. The van der Waals surface area contributed by atoms with Crippen LogP contribution in [-0.4, -0.2) is 39.6 Å². The molecular formula is C15H22N8. The van der Waals surface area contributed by atoms with Crippen molar-refractivity contribution in [2.75, 3.05) is 36.0 Å². The Morgan fingerprint density at radius 2 is 1.87 bits per heavy atom. The first-order valence-electron chi connectivity index (χ1n) is 7.74. The highest BCUT2D eigenvalue weighted by atomic mass is 15.1. The van der Waals surface area contributed by atoms with Crippen LogP contribution in [0.1, 0.15) is 19.8 Å². The summed E-state index contributed by atoms with van der Waals surface area (Å²) in [5.41, 5.74) is 5.82. The lowest BCUT2D eigenvalue weighted by atomic mass is 9.81. The predicted octanol–water partition coefficient (Wildman–Crippen LogP) is 1.39. The molecule has 1 aliphatic heterocycles. The summed E-state index contributed by atoms with van der Waals surface area (Å²) in [7, 11) is 0. The van der Waals surface area contributed by atoms with E-state index in [9.17, 15) is 0 Å². The molecule has 1 fully saturated rings. The molecule has 8 nitrogen and oxygen atoms in total. The van der Waals surface area contributed by atoms with Gasteiger partial charge in [0.1, 0.15) is 29.6 Å². The number of nitrogens with zero attached hydrogens (tertiary/aromatic N) is 4. The molecule has 2 aromatic rings. The Kier molecular flexibility index (Phi) is 4.52. The number of rotatable bonds is 5. The van der Waals surface area contributed by atoms with Gasteiger partial charge in [-0.1, -0.05) is 6.92 Å². The molecule has 1 aliphatic rings. The van der Waals surface area contributed by atoms with E-state index < -0.39 is 0 Å². The number of piperidine rings is 1. The van der Waals surface area contributed by atoms with E-state index in [-0.39, 0.29) is 0 Å². The molecule has 23 heavy (non-hydrogen) atoms. The van der Waals surface area contributed by atoms with E-state index in [4.69, 9.17) is 5.73 Å². The summed E-state index contributed by atoms with van der Waals surface area (Å²) < 4.78 is 0. The molecule has 0 unspecified atom stereocenters. The zero-order valence-electron chi connectivity index (χ0n) is 13.2. The molecule has 0 aliphatic carbocycles. The van der Waals surface area contributed by atoms with Crippen LogP contribution < -0.4 is 21.7 Å². The van der Waals surface area contributed by atoms with Crippen LogP contribution in [0.4, 0.5) is 23.3 Å². The molecule has 0 aromatic carbocycles. The van der Waals surface area contributed by atoms with Crippen molar-refractivity contribution >= 4 is 23.3 Å². The Balaban J connectivity index is 1.61. The number of nitrogen functional groups attached to an aromatic ring is 1. The van der Waals surface area contributed by atoms with E-state index in [0.717, 1.165) is 38.3 Å². The summed E-state index contributed by atoms with van der Waals surface area (Å²) in [6.07, 6.45) is 6.93. The highest BCUT2D eigenvalue weighted by molar-refractivity contribution is 5.55. The van der Waals surface area contributed by atoms with Crippen molar-refractivity contribution in [3.8, 4) is 0 Å². The Labute approximate surface area is 135 Å². The van der Waals surface area contributed by atoms with E-state index in [2.05, 4.69) is 42.8 Å². The van der Waals surface area contributed by atoms with Gasteiger partial charge in [-0.05, 0) is 31.3 Å². The van der Waals surface area contributed by atoms with Gasteiger partial charge in [-0.3, -0.25) is 0 Å². The summed E-state index contributed by atoms with van der Waals surface area (Å²) in [5, 5.41) is 9.90. The van der Waals surface area contributed by atoms with Crippen LogP contribution in [0, 0.1) is 5.41 Å². The second kappa shape index (κ2) is 6.74. The lowest BCUT2D eigenvalue weighted by Crippen LogP contribution is -2.39. The molecule has 0 saturated carbocycles. The van der Waals surface area contributed by atoms with E-state index in [1.165, 1.54) is 12.5 Å². The third-order valence-electron chi connectivity index (χ3n) is 4.10. The summed E-state index contributed by atoms with van der Waals surface area (Å²) >= 11 is 0. The quantitative estimate of drug-likeness (QED) is 0.655. The first kappa shape index (κ1) is 15.4. The first-order valence-corrected chi connectivity index (χ1v) is 7.74. The molecule has 5 N–H and O–H groups in total. The van der Waals surface area contributed by atoms with Crippen LogP contribution in [0.3, 0.4) is 0 Å². The van der Waals surface area contributed by atoms with Crippen molar-refractivity contribution in [3.05, 3.63) is 24.8 Å². The van der Waals surface area contributed by atoms with Crippen LogP contribution in [0.25, 0.3) is 0 Å². The molecule has 3 heterocycles. The Bertz CT molecular complexity index is 636. The fraction of sp³-hybridized carbons (Fsp3) is 0.467. The third-order valence-corrected chi connectivity index (χ3v) is 4.10. The number of nitrogens with one attached hydrogen (secondary N) is 3. The second-order valence-corrected chi connectivity index (χ2v) is 6.15. The second-order valence-electron chi connectivity index (χ2n) is 6.15. The van der Waals surface area contributed by atoms with Crippen LogP contribution in [0.2, 0.25) is 0 Å². The van der Waals surface area contributed by atoms with Gasteiger partial charge in [0.05, 0.1) is 12.4 Å². The SMILES string of the molecule is CC1(CNc2cc(Nc3cnc(N)cn3)ncn2)CCNCC1. The highest BCUT2D eigenvalue weighted by Gasteiger charge is 2.26. The fourth-order valence-corrected chi connectivity index (χ4v) is 2.57. The molecule has 0 spiro atoms. The van der Waals surface area contributed by atoms with Gasteiger partial charge in [-0.25, -0.2) is 19.9 Å². The van der Waals surface area contributed by atoms with Crippen molar-refractivity contribution in [2.24, 2.45) is 5.41 Å². The molecule has 1 saturated heterocycles. The summed E-state index contributed by atoms with van der Waals surface area (Å²) in [6, 6.07) is 1.86. The summed E-state index contributed by atoms with van der Waals surface area (Å²) in [4.78, 5) is 16.6. The van der Waals surface area contributed by atoms with E-state index >= 15 is 0 Å². The Morgan fingerprint density at radius 1 is 1.09 bits per heavy atom. The molecule has 122 valence electrons. The van der Waals surface area contributed by atoms with E-state index in [1.807, 2.05) is 6.07 Å². The number of aromatic nitrogens is 4. The topological polar surface area (TPSA) is 114 Å². The summed E-state index contributed by atoms with van der Waals surface area (Å²) in [5.74, 6) is 2.44. The van der Waals surface area contributed by atoms with Gasteiger partial charge in [0.15, 0.2) is 0 Å². The molecule has 0 amide bonds. The zero-order chi connectivity index (χ0) is 16.1. The van der Waals surface area contributed by atoms with Gasteiger partial charge in [0.25, 0.3) is 0 Å². The molecule has 2 aromatic heterocycles. The van der Waals surface area contributed by atoms with Crippen molar-refractivity contribution < 1.29 is 0 Å². The van der Waals surface area contributed by atoms with E-state index in [0.29, 0.717) is 22.9 Å². The van der Waals surface area contributed by atoms with Crippen LogP contribution >= 0.6 is 0 Å². The standard InChI is InChI=1S/C15H22N8/c1-15(2-4-17-5-3-15)9-20-12-6-13(22-10-21-12)23-14-8-18-11(16)7-19-14/h6-8,10,17H,2-5,9H2,1H3,(H2,16,18)(H2,19,20,21,22,23). The smallest absolute Gasteiger partial charge is 0.150 e. The van der Waals surface area contributed by atoms with Crippen molar-refractivity contribution in [3.63, 3.8) is 0 Å². The van der Waals surface area contributed by atoms with Gasteiger partial charge in [0.2, 0.25) is 0 Å². The molecule has 0 radical (unpaired) electrons. The highest BCUT2D eigenvalue weighted by Crippen LogP contribution is 2.28. The van der Waals surface area contributed by atoms with Crippen LogP contribution in [0.5, 0.6) is 0 Å². The number of hydrogen-bond acceptors (Lipinski definition) is 8. The molecular weight excluding hydrogens is 292 g/mol. The minimum absolute atomic E-state index is 0.298. The number of nitrogens with two attached hydrogens (primary N) is 1. The summed E-state index contributed by atoms with van der Waals surface area (Å²) in [6.45, 7) is 5.35. The fourth-order valence-electron chi connectivity index (χ4n) is 2.57. The maximum absolute atomic E-state index is 5.53. The predicted molar refractivity (Wildman–Crippen MR) is 90.5 cm³/mol. The molecule has 0 bridgehead atoms. The molecule has 0 atom stereocenters.